The predicted molar refractivity (Wildman–Crippen MR) is 79.7 cm³/mol. The van der Waals surface area contributed by atoms with Gasteiger partial charge >= 0.3 is 5.97 Å². The Bertz CT molecular complexity index is 631. The van der Waals surface area contributed by atoms with E-state index in [4.69, 9.17) is 5.11 Å². The summed E-state index contributed by atoms with van der Waals surface area (Å²) in [4.78, 5) is 10.8. The fourth-order valence-electron chi connectivity index (χ4n) is 1.82. The number of carbonyl (C=O) groups is 1. The highest BCUT2D eigenvalue weighted by molar-refractivity contribution is 9.10. The first-order chi connectivity index (χ1) is 9.58. The number of benzene rings is 2. The number of hydrogen-bond donors (Lipinski definition) is 2. The van der Waals surface area contributed by atoms with E-state index in [2.05, 4.69) is 21.2 Å². The molecular weight excluding hydrogens is 325 g/mol. The Morgan fingerprint density at radius 1 is 1.25 bits per heavy atom. The van der Waals surface area contributed by atoms with Gasteiger partial charge in [0.05, 0.1) is 5.56 Å². The first-order valence-electron chi connectivity index (χ1n) is 6.08. The molecule has 0 spiro atoms. The van der Waals surface area contributed by atoms with Crippen molar-refractivity contribution < 1.29 is 14.3 Å². The van der Waals surface area contributed by atoms with E-state index in [0.29, 0.717) is 23.0 Å². The Morgan fingerprint density at radius 2 is 2.00 bits per heavy atom. The lowest BCUT2D eigenvalue weighted by atomic mass is 10.1. The van der Waals surface area contributed by atoms with Gasteiger partial charge in [0, 0.05) is 16.7 Å². The molecule has 0 unspecified atom stereocenters. The molecule has 2 N–H and O–H groups in total. The van der Waals surface area contributed by atoms with Crippen LogP contribution in [-0.2, 0) is 6.42 Å². The zero-order valence-electron chi connectivity index (χ0n) is 10.6. The molecule has 0 radical (unpaired) electrons. The van der Waals surface area contributed by atoms with E-state index in [0.717, 1.165) is 5.69 Å². The van der Waals surface area contributed by atoms with Gasteiger partial charge in [-0.05, 0) is 52.2 Å². The van der Waals surface area contributed by atoms with Crippen molar-refractivity contribution in [1.82, 2.24) is 0 Å². The molecule has 0 bridgehead atoms. The summed E-state index contributed by atoms with van der Waals surface area (Å²) in [5.74, 6) is -1.18. The zero-order chi connectivity index (χ0) is 14.5. The van der Waals surface area contributed by atoms with Crippen molar-refractivity contribution in [3.8, 4) is 0 Å². The molecule has 2 aromatic carbocycles. The van der Waals surface area contributed by atoms with Crippen LogP contribution in [0.5, 0.6) is 0 Å². The number of hydrogen-bond acceptors (Lipinski definition) is 2. The second kappa shape index (κ2) is 6.52. The van der Waals surface area contributed by atoms with Gasteiger partial charge in [-0.2, -0.15) is 0 Å². The average Bonchev–Trinajstić information content (AvgIpc) is 2.42. The van der Waals surface area contributed by atoms with E-state index >= 15 is 0 Å². The van der Waals surface area contributed by atoms with E-state index in [-0.39, 0.29) is 11.4 Å². The first kappa shape index (κ1) is 14.5. The molecule has 0 aliphatic heterocycles. The van der Waals surface area contributed by atoms with Gasteiger partial charge in [0.25, 0.3) is 0 Å². The van der Waals surface area contributed by atoms with Crippen LogP contribution < -0.4 is 5.32 Å². The summed E-state index contributed by atoms with van der Waals surface area (Å²) in [5, 5.41) is 12.0. The van der Waals surface area contributed by atoms with Crippen molar-refractivity contribution in [1.29, 1.82) is 0 Å². The lowest BCUT2D eigenvalue weighted by Crippen LogP contribution is -2.07. The molecule has 0 saturated carbocycles. The van der Waals surface area contributed by atoms with Crippen molar-refractivity contribution in [2.75, 3.05) is 11.9 Å². The van der Waals surface area contributed by atoms with Crippen LogP contribution in [0.1, 0.15) is 15.9 Å². The van der Waals surface area contributed by atoms with Crippen LogP contribution in [0, 0.1) is 5.82 Å². The van der Waals surface area contributed by atoms with E-state index in [1.165, 1.54) is 18.2 Å². The summed E-state index contributed by atoms with van der Waals surface area (Å²) < 4.78 is 14.1. The molecule has 0 aliphatic carbocycles. The maximum Gasteiger partial charge on any atom is 0.335 e. The number of anilines is 1. The average molecular weight is 338 g/mol. The number of carboxylic acids is 1. The molecule has 0 fully saturated rings. The standard InChI is InChI=1S/C15H13BrFNO2/c16-12-9-11(15(19)20)5-6-14(12)18-8-7-10-3-1-2-4-13(10)17/h1-6,9,18H,7-8H2,(H,19,20). The molecule has 104 valence electrons. The maximum atomic E-state index is 13.4. The smallest absolute Gasteiger partial charge is 0.335 e. The molecule has 0 atom stereocenters. The molecular formula is C15H13BrFNO2. The van der Waals surface area contributed by atoms with Crippen molar-refractivity contribution in [3.05, 3.63) is 63.9 Å². The molecule has 2 aromatic rings. The summed E-state index contributed by atoms with van der Waals surface area (Å²) in [6.45, 7) is 0.561. The molecule has 20 heavy (non-hydrogen) atoms. The van der Waals surface area contributed by atoms with Crippen molar-refractivity contribution >= 4 is 27.6 Å². The fourth-order valence-corrected chi connectivity index (χ4v) is 2.34. The molecule has 2 rings (SSSR count). The number of nitrogens with one attached hydrogen (secondary N) is 1. The maximum absolute atomic E-state index is 13.4. The van der Waals surface area contributed by atoms with Crippen LogP contribution in [0.15, 0.2) is 46.9 Å². The summed E-state index contributed by atoms with van der Waals surface area (Å²) in [7, 11) is 0. The Kier molecular flexibility index (Phi) is 4.74. The van der Waals surface area contributed by atoms with Crippen LogP contribution in [0.25, 0.3) is 0 Å². The van der Waals surface area contributed by atoms with Crippen molar-refractivity contribution in [3.63, 3.8) is 0 Å². The zero-order valence-corrected chi connectivity index (χ0v) is 12.2. The third-order valence-corrected chi connectivity index (χ3v) is 3.54. The number of halogens is 2. The minimum absolute atomic E-state index is 0.213. The van der Waals surface area contributed by atoms with Gasteiger partial charge in [-0.3, -0.25) is 0 Å². The summed E-state index contributed by atoms with van der Waals surface area (Å²) in [5.41, 5.74) is 1.65. The Labute approximate surface area is 124 Å². The lowest BCUT2D eigenvalue weighted by molar-refractivity contribution is 0.0697. The van der Waals surface area contributed by atoms with Crippen molar-refractivity contribution in [2.24, 2.45) is 0 Å². The Hall–Kier alpha value is -1.88. The van der Waals surface area contributed by atoms with Gasteiger partial charge in [0.1, 0.15) is 5.82 Å². The van der Waals surface area contributed by atoms with Gasteiger partial charge in [0.2, 0.25) is 0 Å². The highest BCUT2D eigenvalue weighted by Crippen LogP contribution is 2.23. The third kappa shape index (κ3) is 3.57. The van der Waals surface area contributed by atoms with E-state index < -0.39 is 5.97 Å². The minimum atomic E-state index is -0.969. The van der Waals surface area contributed by atoms with Gasteiger partial charge in [-0.25, -0.2) is 9.18 Å². The first-order valence-corrected chi connectivity index (χ1v) is 6.87. The van der Waals surface area contributed by atoms with E-state index in [1.807, 2.05) is 0 Å². The van der Waals surface area contributed by atoms with Crippen molar-refractivity contribution in [2.45, 2.75) is 6.42 Å². The lowest BCUT2D eigenvalue weighted by Gasteiger charge is -2.09. The third-order valence-electron chi connectivity index (χ3n) is 2.88. The molecule has 3 nitrogen and oxygen atoms in total. The molecule has 5 heteroatoms. The van der Waals surface area contributed by atoms with E-state index in [1.54, 1.807) is 24.3 Å². The molecule has 0 saturated heterocycles. The van der Waals surface area contributed by atoms with Crippen LogP contribution in [-0.4, -0.2) is 17.6 Å². The second-order valence-electron chi connectivity index (χ2n) is 4.27. The number of rotatable bonds is 5. The normalized spacial score (nSPS) is 10.3. The number of aromatic carboxylic acids is 1. The fraction of sp³-hybridized carbons (Fsp3) is 0.133. The highest BCUT2D eigenvalue weighted by atomic mass is 79.9. The topological polar surface area (TPSA) is 49.3 Å². The quantitative estimate of drug-likeness (QED) is 0.868. The summed E-state index contributed by atoms with van der Waals surface area (Å²) in [6.07, 6.45) is 0.555. The van der Waals surface area contributed by atoms with Crippen LogP contribution >= 0.6 is 15.9 Å². The molecule has 0 aliphatic rings. The van der Waals surface area contributed by atoms with Crippen LogP contribution in [0.4, 0.5) is 10.1 Å². The largest absolute Gasteiger partial charge is 0.478 e. The summed E-state index contributed by atoms with van der Waals surface area (Å²) >= 11 is 3.32. The molecule has 0 amide bonds. The molecule has 0 aromatic heterocycles. The van der Waals surface area contributed by atoms with Gasteiger partial charge in [-0.15, -0.1) is 0 Å². The van der Waals surface area contributed by atoms with Gasteiger partial charge in [-0.1, -0.05) is 18.2 Å². The van der Waals surface area contributed by atoms with Crippen LogP contribution in [0.3, 0.4) is 0 Å². The Balaban J connectivity index is 1.98. The highest BCUT2D eigenvalue weighted by Gasteiger charge is 2.06. The predicted octanol–water partition coefficient (Wildman–Crippen LogP) is 3.94. The van der Waals surface area contributed by atoms with Gasteiger partial charge < -0.3 is 10.4 Å². The second-order valence-corrected chi connectivity index (χ2v) is 5.12. The SMILES string of the molecule is O=C(O)c1ccc(NCCc2ccccc2F)c(Br)c1. The van der Waals surface area contributed by atoms with Gasteiger partial charge in [0.15, 0.2) is 0 Å². The number of carboxylic acid groups (broad SMARTS) is 1. The Morgan fingerprint density at radius 3 is 2.65 bits per heavy atom. The summed E-state index contributed by atoms with van der Waals surface area (Å²) in [6, 6.07) is 11.4. The molecule has 0 heterocycles. The van der Waals surface area contributed by atoms with E-state index in [9.17, 15) is 9.18 Å². The monoisotopic (exact) mass is 337 g/mol. The minimum Gasteiger partial charge on any atom is -0.478 e. The van der Waals surface area contributed by atoms with Crippen LogP contribution in [0.2, 0.25) is 0 Å².